The van der Waals surface area contributed by atoms with Crippen molar-refractivity contribution in [2.45, 2.75) is 0 Å². The van der Waals surface area contributed by atoms with Crippen molar-refractivity contribution >= 4 is 34.2 Å². The maximum Gasteiger partial charge on any atom is 0.123 e. The van der Waals surface area contributed by atoms with E-state index in [4.69, 9.17) is 11.1 Å². The molecule has 1 rings (SSSR count). The SMILES string of the molecule is Cl.N=C(N)c1ccccc1Br. The van der Waals surface area contributed by atoms with Crippen LogP contribution in [0, 0.1) is 5.41 Å². The third-order valence-electron chi connectivity index (χ3n) is 1.16. The molecule has 0 fully saturated rings. The first kappa shape index (κ1) is 10.5. The Labute approximate surface area is 79.8 Å². The number of nitrogens with one attached hydrogen (secondary N) is 1. The number of benzene rings is 1. The smallest absolute Gasteiger partial charge is 0.123 e. The van der Waals surface area contributed by atoms with E-state index >= 15 is 0 Å². The van der Waals surface area contributed by atoms with Crippen LogP contribution in [-0.4, -0.2) is 5.84 Å². The lowest BCUT2D eigenvalue weighted by atomic mass is 10.2. The van der Waals surface area contributed by atoms with Gasteiger partial charge in [0.1, 0.15) is 5.84 Å². The normalized spacial score (nSPS) is 8.45. The quantitative estimate of drug-likeness (QED) is 0.569. The molecular weight excluding hydrogens is 227 g/mol. The van der Waals surface area contributed by atoms with E-state index in [1.54, 1.807) is 6.07 Å². The average molecular weight is 236 g/mol. The minimum Gasteiger partial charge on any atom is -0.384 e. The van der Waals surface area contributed by atoms with Crippen LogP contribution in [0.1, 0.15) is 5.56 Å². The number of hydrogen-bond acceptors (Lipinski definition) is 1. The van der Waals surface area contributed by atoms with E-state index in [9.17, 15) is 0 Å². The van der Waals surface area contributed by atoms with Crippen LogP contribution < -0.4 is 5.73 Å². The lowest BCUT2D eigenvalue weighted by molar-refractivity contribution is 1.41. The lowest BCUT2D eigenvalue weighted by Gasteiger charge is -1.98. The molecule has 11 heavy (non-hydrogen) atoms. The zero-order valence-electron chi connectivity index (χ0n) is 5.67. The minimum absolute atomic E-state index is 0. The Balaban J connectivity index is 0.000001000. The minimum atomic E-state index is 0. The van der Waals surface area contributed by atoms with Gasteiger partial charge in [0, 0.05) is 10.0 Å². The summed E-state index contributed by atoms with van der Waals surface area (Å²) in [7, 11) is 0. The first-order valence-corrected chi connectivity index (χ1v) is 3.60. The second-order valence-corrected chi connectivity index (χ2v) is 2.75. The summed E-state index contributed by atoms with van der Waals surface area (Å²) in [6, 6.07) is 7.39. The summed E-state index contributed by atoms with van der Waals surface area (Å²) in [6.07, 6.45) is 0. The van der Waals surface area contributed by atoms with Crippen molar-refractivity contribution in [2.24, 2.45) is 5.73 Å². The Morgan fingerprint density at radius 2 is 1.91 bits per heavy atom. The molecule has 0 atom stereocenters. The van der Waals surface area contributed by atoms with E-state index in [2.05, 4.69) is 15.9 Å². The van der Waals surface area contributed by atoms with E-state index in [0.717, 1.165) is 10.0 Å². The van der Waals surface area contributed by atoms with Crippen molar-refractivity contribution in [3.8, 4) is 0 Å². The Morgan fingerprint density at radius 3 is 2.27 bits per heavy atom. The fourth-order valence-electron chi connectivity index (χ4n) is 0.680. The second-order valence-electron chi connectivity index (χ2n) is 1.89. The number of halogens is 2. The van der Waals surface area contributed by atoms with E-state index in [0.29, 0.717) is 0 Å². The first-order chi connectivity index (χ1) is 4.72. The molecule has 0 heterocycles. The summed E-state index contributed by atoms with van der Waals surface area (Å²) < 4.78 is 0.863. The van der Waals surface area contributed by atoms with Crippen LogP contribution in [0.3, 0.4) is 0 Å². The van der Waals surface area contributed by atoms with Gasteiger partial charge in [-0.15, -0.1) is 12.4 Å². The van der Waals surface area contributed by atoms with Crippen LogP contribution in [0.2, 0.25) is 0 Å². The molecule has 3 N–H and O–H groups in total. The molecule has 0 saturated heterocycles. The molecule has 0 saturated carbocycles. The van der Waals surface area contributed by atoms with Gasteiger partial charge in [0.25, 0.3) is 0 Å². The predicted molar refractivity (Wildman–Crippen MR) is 52.4 cm³/mol. The van der Waals surface area contributed by atoms with Gasteiger partial charge in [-0.3, -0.25) is 5.41 Å². The summed E-state index contributed by atoms with van der Waals surface area (Å²) >= 11 is 3.28. The van der Waals surface area contributed by atoms with Crippen LogP contribution in [0.5, 0.6) is 0 Å². The molecule has 0 amide bonds. The summed E-state index contributed by atoms with van der Waals surface area (Å²) in [5.74, 6) is 0.0903. The van der Waals surface area contributed by atoms with Crippen molar-refractivity contribution in [1.82, 2.24) is 0 Å². The van der Waals surface area contributed by atoms with E-state index < -0.39 is 0 Å². The third-order valence-corrected chi connectivity index (χ3v) is 1.86. The number of nitrogens with two attached hydrogens (primary N) is 1. The van der Waals surface area contributed by atoms with E-state index in [1.807, 2.05) is 18.2 Å². The van der Waals surface area contributed by atoms with Crippen LogP contribution in [0.15, 0.2) is 28.7 Å². The highest BCUT2D eigenvalue weighted by atomic mass is 79.9. The van der Waals surface area contributed by atoms with Crippen molar-refractivity contribution < 1.29 is 0 Å². The molecule has 2 nitrogen and oxygen atoms in total. The molecule has 0 aliphatic carbocycles. The molecule has 0 spiro atoms. The highest BCUT2D eigenvalue weighted by Crippen LogP contribution is 2.14. The molecule has 60 valence electrons. The van der Waals surface area contributed by atoms with Gasteiger partial charge in [-0.1, -0.05) is 34.1 Å². The van der Waals surface area contributed by atoms with Crippen molar-refractivity contribution in [3.63, 3.8) is 0 Å². The lowest BCUT2D eigenvalue weighted by Crippen LogP contribution is -2.11. The Bertz CT molecular complexity index is 262. The van der Waals surface area contributed by atoms with Gasteiger partial charge < -0.3 is 5.73 Å². The summed E-state index contributed by atoms with van der Waals surface area (Å²) in [6.45, 7) is 0. The highest BCUT2D eigenvalue weighted by molar-refractivity contribution is 9.10. The number of amidine groups is 1. The monoisotopic (exact) mass is 234 g/mol. The van der Waals surface area contributed by atoms with Gasteiger partial charge in [0.2, 0.25) is 0 Å². The zero-order valence-corrected chi connectivity index (χ0v) is 8.08. The van der Waals surface area contributed by atoms with Crippen LogP contribution in [0.25, 0.3) is 0 Å². The topological polar surface area (TPSA) is 49.9 Å². The van der Waals surface area contributed by atoms with Crippen LogP contribution >= 0.6 is 28.3 Å². The molecule has 0 aliphatic heterocycles. The molecule has 0 unspecified atom stereocenters. The van der Waals surface area contributed by atoms with E-state index in [1.165, 1.54) is 0 Å². The molecule has 0 aliphatic rings. The molecule has 0 bridgehead atoms. The standard InChI is InChI=1S/C7H7BrN2.ClH/c8-6-4-2-1-3-5(6)7(9)10;/h1-4H,(H3,9,10);1H. The molecule has 1 aromatic rings. The fraction of sp³-hybridized carbons (Fsp3) is 0. The summed E-state index contributed by atoms with van der Waals surface area (Å²) in [5, 5.41) is 7.12. The largest absolute Gasteiger partial charge is 0.384 e. The zero-order chi connectivity index (χ0) is 7.56. The van der Waals surface area contributed by atoms with Gasteiger partial charge in [-0.05, 0) is 6.07 Å². The molecule has 4 heteroatoms. The predicted octanol–water partition coefficient (Wildman–Crippen LogP) is 2.15. The summed E-state index contributed by atoms with van der Waals surface area (Å²) in [5.41, 5.74) is 6.01. The molecular formula is C7H8BrClN2. The van der Waals surface area contributed by atoms with Crippen LogP contribution in [0.4, 0.5) is 0 Å². The number of rotatable bonds is 1. The van der Waals surface area contributed by atoms with Gasteiger partial charge >= 0.3 is 0 Å². The van der Waals surface area contributed by atoms with Gasteiger partial charge in [0.15, 0.2) is 0 Å². The van der Waals surface area contributed by atoms with E-state index in [-0.39, 0.29) is 18.2 Å². The second kappa shape index (κ2) is 4.36. The van der Waals surface area contributed by atoms with Gasteiger partial charge in [-0.2, -0.15) is 0 Å². The molecule has 1 aromatic carbocycles. The van der Waals surface area contributed by atoms with Gasteiger partial charge in [-0.25, -0.2) is 0 Å². The van der Waals surface area contributed by atoms with Crippen molar-refractivity contribution in [1.29, 1.82) is 5.41 Å². The van der Waals surface area contributed by atoms with Crippen molar-refractivity contribution in [2.75, 3.05) is 0 Å². The maximum atomic E-state index is 7.12. The Hall–Kier alpha value is -0.540. The summed E-state index contributed by atoms with van der Waals surface area (Å²) in [4.78, 5) is 0. The fourth-order valence-corrected chi connectivity index (χ4v) is 1.18. The Morgan fingerprint density at radius 1 is 1.36 bits per heavy atom. The molecule has 0 radical (unpaired) electrons. The third kappa shape index (κ3) is 2.52. The number of nitrogen functional groups attached to an aromatic ring is 1. The maximum absolute atomic E-state index is 7.12. The highest BCUT2D eigenvalue weighted by Gasteiger charge is 1.98. The Kier molecular flexibility index (Phi) is 4.15. The first-order valence-electron chi connectivity index (χ1n) is 2.81. The average Bonchev–Trinajstić information content (AvgIpc) is 1.88. The van der Waals surface area contributed by atoms with Gasteiger partial charge in [0.05, 0.1) is 0 Å². The molecule has 0 aromatic heterocycles. The van der Waals surface area contributed by atoms with Crippen LogP contribution in [-0.2, 0) is 0 Å². The van der Waals surface area contributed by atoms with Crippen molar-refractivity contribution in [3.05, 3.63) is 34.3 Å². The number of hydrogen-bond donors (Lipinski definition) is 2.